The summed E-state index contributed by atoms with van der Waals surface area (Å²) in [6.07, 6.45) is -2.19. The fourth-order valence-corrected chi connectivity index (χ4v) is 2.16. The first-order valence-corrected chi connectivity index (χ1v) is 6.32. The average molecular weight is 288 g/mol. The maximum absolute atomic E-state index is 11.1. The Balaban J connectivity index is 2.55. The van der Waals surface area contributed by atoms with E-state index in [0.29, 0.717) is 22.6 Å². The van der Waals surface area contributed by atoms with E-state index in [-0.39, 0.29) is 0 Å². The van der Waals surface area contributed by atoms with E-state index in [1.807, 2.05) is 12.1 Å². The molecule has 0 saturated carbocycles. The summed E-state index contributed by atoms with van der Waals surface area (Å²) in [5.74, 6) is 1.10. The molecule has 2 aromatic carbocycles. The van der Waals surface area contributed by atoms with Crippen molar-refractivity contribution in [3.63, 3.8) is 0 Å². The van der Waals surface area contributed by atoms with Gasteiger partial charge in [0.1, 0.15) is 11.5 Å². The van der Waals surface area contributed by atoms with Gasteiger partial charge in [-0.1, -0.05) is 36.4 Å². The SMILES string of the molecule is COc1ccccc1C(OC(=O)O)c1ccccc1OC. The molecule has 5 nitrogen and oxygen atoms in total. The van der Waals surface area contributed by atoms with Gasteiger partial charge in [-0.25, -0.2) is 4.79 Å². The lowest BCUT2D eigenvalue weighted by molar-refractivity contribution is 0.0646. The van der Waals surface area contributed by atoms with Crippen LogP contribution in [0.2, 0.25) is 0 Å². The van der Waals surface area contributed by atoms with E-state index >= 15 is 0 Å². The maximum atomic E-state index is 11.1. The molecular weight excluding hydrogens is 272 g/mol. The Labute approximate surface area is 122 Å². The van der Waals surface area contributed by atoms with Crippen LogP contribution in [0.15, 0.2) is 48.5 Å². The van der Waals surface area contributed by atoms with E-state index in [4.69, 9.17) is 19.3 Å². The third kappa shape index (κ3) is 3.25. The van der Waals surface area contributed by atoms with E-state index < -0.39 is 12.3 Å². The molecule has 110 valence electrons. The summed E-state index contributed by atoms with van der Waals surface area (Å²) >= 11 is 0. The van der Waals surface area contributed by atoms with Crippen molar-refractivity contribution >= 4 is 6.16 Å². The molecule has 2 rings (SSSR count). The quantitative estimate of drug-likeness (QED) is 0.853. The highest BCUT2D eigenvalue weighted by Crippen LogP contribution is 2.37. The number of carboxylic acid groups (broad SMARTS) is 1. The monoisotopic (exact) mass is 288 g/mol. The second-order valence-corrected chi connectivity index (χ2v) is 4.25. The highest BCUT2D eigenvalue weighted by atomic mass is 16.7. The largest absolute Gasteiger partial charge is 0.506 e. The minimum atomic E-state index is -1.36. The zero-order chi connectivity index (χ0) is 15.2. The van der Waals surface area contributed by atoms with Crippen LogP contribution in [-0.2, 0) is 4.74 Å². The van der Waals surface area contributed by atoms with E-state index in [1.165, 1.54) is 14.2 Å². The van der Waals surface area contributed by atoms with Crippen molar-refractivity contribution < 1.29 is 24.1 Å². The highest BCUT2D eigenvalue weighted by Gasteiger charge is 2.25. The molecule has 0 aliphatic rings. The first-order valence-electron chi connectivity index (χ1n) is 6.32. The highest BCUT2D eigenvalue weighted by molar-refractivity contribution is 5.59. The Morgan fingerprint density at radius 1 is 0.905 bits per heavy atom. The minimum Gasteiger partial charge on any atom is -0.496 e. The molecule has 0 fully saturated rings. The molecular formula is C16H16O5. The van der Waals surface area contributed by atoms with E-state index in [0.717, 1.165) is 0 Å². The molecule has 0 amide bonds. The zero-order valence-electron chi connectivity index (χ0n) is 11.8. The summed E-state index contributed by atoms with van der Waals surface area (Å²) in [6, 6.07) is 14.2. The van der Waals surface area contributed by atoms with Gasteiger partial charge in [-0.05, 0) is 12.1 Å². The van der Waals surface area contributed by atoms with Gasteiger partial charge in [-0.2, -0.15) is 0 Å². The number of hydrogen-bond donors (Lipinski definition) is 1. The van der Waals surface area contributed by atoms with Crippen molar-refractivity contribution in [2.75, 3.05) is 14.2 Å². The normalized spacial score (nSPS) is 10.2. The Morgan fingerprint density at radius 3 is 1.71 bits per heavy atom. The average Bonchev–Trinajstić information content (AvgIpc) is 2.52. The third-order valence-electron chi connectivity index (χ3n) is 3.06. The lowest BCUT2D eigenvalue weighted by Gasteiger charge is -2.21. The van der Waals surface area contributed by atoms with Crippen LogP contribution < -0.4 is 9.47 Å². The Kier molecular flexibility index (Phi) is 4.66. The molecule has 0 spiro atoms. The molecule has 0 radical (unpaired) electrons. The number of hydrogen-bond acceptors (Lipinski definition) is 4. The number of carbonyl (C=O) groups is 1. The van der Waals surface area contributed by atoms with E-state index in [1.54, 1.807) is 36.4 Å². The van der Waals surface area contributed by atoms with Crippen LogP contribution in [0, 0.1) is 0 Å². The summed E-state index contributed by atoms with van der Waals surface area (Å²) in [7, 11) is 3.05. The van der Waals surface area contributed by atoms with E-state index in [2.05, 4.69) is 0 Å². The number of rotatable bonds is 5. The standard InChI is InChI=1S/C16H16O5/c1-19-13-9-5-3-7-11(13)15(21-16(17)18)12-8-4-6-10-14(12)20-2/h3-10,15H,1-2H3,(H,17,18). The molecule has 0 saturated heterocycles. The van der Waals surface area contributed by atoms with Crippen LogP contribution >= 0.6 is 0 Å². The summed E-state index contributed by atoms with van der Waals surface area (Å²) in [6.45, 7) is 0. The van der Waals surface area contributed by atoms with Gasteiger partial charge in [-0.15, -0.1) is 0 Å². The van der Waals surface area contributed by atoms with Crippen LogP contribution in [0.1, 0.15) is 17.2 Å². The molecule has 2 aromatic rings. The Hall–Kier alpha value is -2.69. The van der Waals surface area contributed by atoms with Crippen LogP contribution in [0.4, 0.5) is 4.79 Å². The molecule has 21 heavy (non-hydrogen) atoms. The first-order chi connectivity index (χ1) is 10.2. The summed E-state index contributed by atoms with van der Waals surface area (Å²) in [5.41, 5.74) is 1.24. The van der Waals surface area contributed by atoms with Crippen molar-refractivity contribution in [2.45, 2.75) is 6.10 Å². The van der Waals surface area contributed by atoms with E-state index in [9.17, 15) is 4.79 Å². The van der Waals surface area contributed by atoms with Gasteiger partial charge < -0.3 is 19.3 Å². The lowest BCUT2D eigenvalue weighted by Crippen LogP contribution is -2.13. The van der Waals surface area contributed by atoms with Crippen molar-refractivity contribution in [1.29, 1.82) is 0 Å². The van der Waals surface area contributed by atoms with Crippen molar-refractivity contribution in [1.82, 2.24) is 0 Å². The lowest BCUT2D eigenvalue weighted by atomic mass is 9.99. The first kappa shape index (κ1) is 14.7. The number of benzene rings is 2. The van der Waals surface area contributed by atoms with Crippen molar-refractivity contribution in [2.24, 2.45) is 0 Å². The van der Waals surface area contributed by atoms with Gasteiger partial charge in [0.05, 0.1) is 14.2 Å². The van der Waals surface area contributed by atoms with Crippen molar-refractivity contribution in [3.8, 4) is 11.5 Å². The second-order valence-electron chi connectivity index (χ2n) is 4.25. The van der Waals surface area contributed by atoms with Crippen LogP contribution in [0.25, 0.3) is 0 Å². The predicted molar refractivity (Wildman–Crippen MR) is 76.9 cm³/mol. The fourth-order valence-electron chi connectivity index (χ4n) is 2.16. The molecule has 1 N–H and O–H groups in total. The third-order valence-corrected chi connectivity index (χ3v) is 3.06. The molecule has 0 bridgehead atoms. The molecule has 0 aromatic heterocycles. The van der Waals surface area contributed by atoms with Crippen LogP contribution in [-0.4, -0.2) is 25.5 Å². The smallest absolute Gasteiger partial charge is 0.496 e. The molecule has 5 heteroatoms. The van der Waals surface area contributed by atoms with Gasteiger partial charge in [0.2, 0.25) is 0 Å². The predicted octanol–water partition coefficient (Wildman–Crippen LogP) is 3.49. The summed E-state index contributed by atoms with van der Waals surface area (Å²) < 4.78 is 15.6. The number of methoxy groups -OCH3 is 2. The second kappa shape index (κ2) is 6.65. The molecule has 0 unspecified atom stereocenters. The van der Waals surface area contributed by atoms with Gasteiger partial charge >= 0.3 is 6.16 Å². The van der Waals surface area contributed by atoms with Gasteiger partial charge in [0.25, 0.3) is 0 Å². The van der Waals surface area contributed by atoms with Gasteiger partial charge in [0, 0.05) is 11.1 Å². The maximum Gasteiger partial charge on any atom is 0.506 e. The van der Waals surface area contributed by atoms with Gasteiger partial charge in [-0.3, -0.25) is 0 Å². The topological polar surface area (TPSA) is 65.0 Å². The number of para-hydroxylation sites is 2. The molecule has 0 atom stereocenters. The van der Waals surface area contributed by atoms with Crippen LogP contribution in [0.3, 0.4) is 0 Å². The minimum absolute atomic E-state index is 0.551. The Bertz CT molecular complexity index is 576. The van der Waals surface area contributed by atoms with Crippen molar-refractivity contribution in [3.05, 3.63) is 59.7 Å². The molecule has 0 aliphatic carbocycles. The molecule has 0 aliphatic heterocycles. The fraction of sp³-hybridized carbons (Fsp3) is 0.188. The Morgan fingerprint density at radius 2 is 1.33 bits per heavy atom. The zero-order valence-corrected chi connectivity index (χ0v) is 11.8. The summed E-state index contributed by atoms with van der Waals surface area (Å²) in [5, 5.41) is 9.03. The van der Waals surface area contributed by atoms with Crippen LogP contribution in [0.5, 0.6) is 11.5 Å². The van der Waals surface area contributed by atoms with Gasteiger partial charge in [0.15, 0.2) is 6.10 Å². The number of ether oxygens (including phenoxy) is 3. The molecule has 0 heterocycles. The summed E-state index contributed by atoms with van der Waals surface area (Å²) in [4.78, 5) is 11.1.